The van der Waals surface area contributed by atoms with Crippen molar-refractivity contribution < 1.29 is 29.0 Å². The average molecular weight is 622 g/mol. The van der Waals surface area contributed by atoms with Crippen LogP contribution in [0.5, 0.6) is 0 Å². The largest absolute Gasteiger partial charge is 0.455 e. The second kappa shape index (κ2) is 16.4. The van der Waals surface area contributed by atoms with Gasteiger partial charge < -0.3 is 19.4 Å². The number of carbonyl (C=O) groups excluding carboxylic acids is 2. The Bertz CT molecular complexity index is 1070. The number of allylic oxidation sites excluding steroid dienone is 1. The second-order valence-electron chi connectivity index (χ2n) is 12.8. The van der Waals surface area contributed by atoms with E-state index in [4.69, 9.17) is 9.16 Å². The molecule has 0 fully saturated rings. The number of ether oxygens (including phenoxy) is 1. The molecule has 238 valence electrons. The zero-order valence-corrected chi connectivity index (χ0v) is 29.1. The van der Waals surface area contributed by atoms with Crippen molar-refractivity contribution in [2.24, 2.45) is 23.2 Å². The number of esters is 1. The van der Waals surface area contributed by atoms with E-state index in [2.05, 4.69) is 32.7 Å². The number of carbonyl (C=O) groups is 2. The SMILES string of the molecule is CC[Si](CC)(CC)O[C@H]1[C@@H](C)CCC[C@@H](CO)[C@@H](O)C[C@@H](/C(C)=C/c2csc(C)n2)OC(=O)/C=C/C(C)(C)C(=O)[C@@H]1C. The molecule has 1 aliphatic heterocycles. The number of nitrogens with zero attached hydrogens (tertiary/aromatic N) is 1. The van der Waals surface area contributed by atoms with Gasteiger partial charge in [-0.1, -0.05) is 47.1 Å². The third-order valence-corrected chi connectivity index (χ3v) is 14.7. The molecule has 1 aromatic heterocycles. The average Bonchev–Trinajstić information content (AvgIpc) is 3.37. The van der Waals surface area contributed by atoms with Crippen LogP contribution in [0.4, 0.5) is 0 Å². The van der Waals surface area contributed by atoms with Crippen LogP contribution in [0.1, 0.15) is 91.8 Å². The first-order chi connectivity index (χ1) is 19.7. The Morgan fingerprint density at radius 2 is 1.83 bits per heavy atom. The zero-order chi connectivity index (χ0) is 31.7. The third-order valence-electron chi connectivity index (χ3n) is 9.30. The maximum absolute atomic E-state index is 13.9. The number of cyclic esters (lactones) is 1. The number of hydrogen-bond donors (Lipinski definition) is 2. The molecule has 1 aliphatic rings. The Morgan fingerprint density at radius 1 is 1.19 bits per heavy atom. The molecule has 7 nitrogen and oxygen atoms in total. The maximum atomic E-state index is 13.9. The van der Waals surface area contributed by atoms with Crippen molar-refractivity contribution in [1.82, 2.24) is 4.98 Å². The second-order valence-corrected chi connectivity index (χ2v) is 18.6. The van der Waals surface area contributed by atoms with E-state index in [1.807, 2.05) is 46.1 Å². The first kappa shape index (κ1) is 36.5. The zero-order valence-electron chi connectivity index (χ0n) is 27.3. The lowest BCUT2D eigenvalue weighted by molar-refractivity contribution is -0.143. The predicted molar refractivity (Wildman–Crippen MR) is 174 cm³/mol. The predicted octanol–water partition coefficient (Wildman–Crippen LogP) is 7.12. The Hall–Kier alpha value is -1.65. The van der Waals surface area contributed by atoms with Crippen molar-refractivity contribution in [1.29, 1.82) is 0 Å². The first-order valence-electron chi connectivity index (χ1n) is 15.7. The molecule has 6 atom stereocenters. The fourth-order valence-electron chi connectivity index (χ4n) is 6.06. The van der Waals surface area contributed by atoms with Gasteiger partial charge in [-0.2, -0.15) is 0 Å². The van der Waals surface area contributed by atoms with Gasteiger partial charge in [0.1, 0.15) is 11.9 Å². The van der Waals surface area contributed by atoms with Gasteiger partial charge >= 0.3 is 5.97 Å². The summed E-state index contributed by atoms with van der Waals surface area (Å²) in [5, 5.41) is 24.3. The van der Waals surface area contributed by atoms with Gasteiger partial charge in [-0.25, -0.2) is 9.78 Å². The maximum Gasteiger partial charge on any atom is 0.331 e. The highest BCUT2D eigenvalue weighted by Crippen LogP contribution is 2.35. The molecule has 0 saturated heterocycles. The number of hydrogen-bond acceptors (Lipinski definition) is 8. The first-order valence-corrected chi connectivity index (χ1v) is 19.1. The topological polar surface area (TPSA) is 106 Å². The normalized spacial score (nSPS) is 29.7. The lowest BCUT2D eigenvalue weighted by Crippen LogP contribution is -2.48. The molecule has 0 amide bonds. The van der Waals surface area contributed by atoms with E-state index >= 15 is 0 Å². The van der Waals surface area contributed by atoms with Gasteiger partial charge in [-0.3, -0.25) is 4.79 Å². The fourth-order valence-corrected chi connectivity index (χ4v) is 9.64. The molecule has 9 heteroatoms. The van der Waals surface area contributed by atoms with Crippen LogP contribution in [-0.4, -0.2) is 60.2 Å². The molecule has 2 heterocycles. The highest BCUT2D eigenvalue weighted by molar-refractivity contribution is 7.09. The number of aliphatic hydroxyl groups excluding tert-OH is 2. The van der Waals surface area contributed by atoms with Crippen molar-refractivity contribution >= 4 is 37.5 Å². The summed E-state index contributed by atoms with van der Waals surface area (Å²) in [6.45, 7) is 18.0. The molecule has 0 aromatic carbocycles. The molecule has 0 saturated carbocycles. The van der Waals surface area contributed by atoms with Crippen LogP contribution in [0.3, 0.4) is 0 Å². The summed E-state index contributed by atoms with van der Waals surface area (Å²) in [5.74, 6) is -1.14. The lowest BCUT2D eigenvalue weighted by atomic mass is 9.76. The van der Waals surface area contributed by atoms with Crippen LogP contribution < -0.4 is 0 Å². The summed E-state index contributed by atoms with van der Waals surface area (Å²) >= 11 is 1.54. The third kappa shape index (κ3) is 9.94. The molecule has 0 spiro atoms. The Balaban J connectivity index is 2.47. The van der Waals surface area contributed by atoms with E-state index in [-0.39, 0.29) is 42.7 Å². The van der Waals surface area contributed by atoms with Crippen LogP contribution >= 0.6 is 11.3 Å². The molecule has 42 heavy (non-hydrogen) atoms. The Labute approximate surface area is 258 Å². The summed E-state index contributed by atoms with van der Waals surface area (Å²) in [6, 6.07) is 2.99. The standard InChI is InChI=1S/C33H55NO6SSi/c1-10-42(11-2,12-3)40-31-22(4)14-13-15-26(20-35)28(36)19-29(23(5)18-27-21-41-25(7)34-27)39-30(37)16-17-33(8,9)32(38)24(31)6/h16-18,21-22,24,26,28-29,31,35-36H,10-15,19-20H2,1-9H3/b17-16+,23-18+/t22-,24+,26-,28-,29-,31-/m0/s1. The summed E-state index contributed by atoms with van der Waals surface area (Å²) in [7, 11) is -2.01. The van der Waals surface area contributed by atoms with Gasteiger partial charge in [0.05, 0.1) is 22.9 Å². The monoisotopic (exact) mass is 621 g/mol. The molecule has 0 radical (unpaired) electrons. The summed E-state index contributed by atoms with van der Waals surface area (Å²) in [4.78, 5) is 31.5. The highest BCUT2D eigenvalue weighted by Gasteiger charge is 2.41. The van der Waals surface area contributed by atoms with E-state index in [0.29, 0.717) is 6.42 Å². The van der Waals surface area contributed by atoms with Crippen LogP contribution in [0.15, 0.2) is 23.1 Å². The lowest BCUT2D eigenvalue weighted by Gasteiger charge is -2.40. The number of aryl methyl sites for hydroxylation is 1. The van der Waals surface area contributed by atoms with E-state index in [9.17, 15) is 19.8 Å². The Kier molecular flexibility index (Phi) is 14.3. The molecular weight excluding hydrogens is 567 g/mol. The van der Waals surface area contributed by atoms with Crippen LogP contribution in [-0.2, 0) is 18.8 Å². The van der Waals surface area contributed by atoms with Gasteiger partial charge in [0.15, 0.2) is 8.32 Å². The van der Waals surface area contributed by atoms with Crippen molar-refractivity contribution in [3.05, 3.63) is 33.8 Å². The van der Waals surface area contributed by atoms with E-state index < -0.39 is 31.9 Å². The molecular formula is C33H55NO6SSi. The van der Waals surface area contributed by atoms with Crippen LogP contribution in [0.2, 0.25) is 18.1 Å². The highest BCUT2D eigenvalue weighted by atomic mass is 32.1. The number of Topliss-reactive ketones (excluding diaryl/α,β-unsaturated/α-hetero) is 1. The van der Waals surface area contributed by atoms with Gasteiger partial charge in [0, 0.05) is 41.7 Å². The van der Waals surface area contributed by atoms with Crippen LogP contribution in [0, 0.1) is 30.1 Å². The number of aromatic nitrogens is 1. The number of rotatable bonds is 8. The van der Waals surface area contributed by atoms with Gasteiger partial charge in [-0.05, 0) is 76.2 Å². The molecule has 0 unspecified atom stereocenters. The van der Waals surface area contributed by atoms with Crippen molar-refractivity contribution in [3.63, 3.8) is 0 Å². The van der Waals surface area contributed by atoms with Crippen molar-refractivity contribution in [2.75, 3.05) is 6.61 Å². The molecule has 1 aromatic rings. The van der Waals surface area contributed by atoms with E-state index in [0.717, 1.165) is 47.2 Å². The molecule has 2 rings (SSSR count). The van der Waals surface area contributed by atoms with Gasteiger partial charge in [0.25, 0.3) is 0 Å². The molecule has 2 N–H and O–H groups in total. The smallest absolute Gasteiger partial charge is 0.331 e. The van der Waals surface area contributed by atoms with Gasteiger partial charge in [0.2, 0.25) is 0 Å². The Morgan fingerprint density at radius 3 is 2.38 bits per heavy atom. The summed E-state index contributed by atoms with van der Waals surface area (Å²) in [5.41, 5.74) is 0.632. The van der Waals surface area contributed by atoms with Crippen LogP contribution in [0.25, 0.3) is 6.08 Å². The fraction of sp³-hybridized carbons (Fsp3) is 0.727. The minimum atomic E-state index is -2.01. The van der Waals surface area contributed by atoms with E-state index in [1.54, 1.807) is 6.08 Å². The van der Waals surface area contributed by atoms with Crippen molar-refractivity contribution in [3.8, 4) is 0 Å². The van der Waals surface area contributed by atoms with Crippen molar-refractivity contribution in [2.45, 2.75) is 124 Å². The molecule has 0 bridgehead atoms. The van der Waals surface area contributed by atoms with Gasteiger partial charge in [-0.15, -0.1) is 11.3 Å². The number of thiazole rings is 1. The summed E-state index contributed by atoms with van der Waals surface area (Å²) in [6.07, 6.45) is 5.43. The summed E-state index contributed by atoms with van der Waals surface area (Å²) < 4.78 is 12.9. The molecule has 0 aliphatic carbocycles. The number of ketones is 1. The minimum Gasteiger partial charge on any atom is -0.455 e. The number of aliphatic hydroxyl groups is 2. The quantitative estimate of drug-likeness (QED) is 0.235. The van der Waals surface area contributed by atoms with E-state index in [1.165, 1.54) is 17.4 Å². The minimum absolute atomic E-state index is 0.0388.